The van der Waals surface area contributed by atoms with Crippen molar-refractivity contribution in [2.45, 2.75) is 26.3 Å². The van der Waals surface area contributed by atoms with E-state index in [0.717, 1.165) is 19.5 Å². The van der Waals surface area contributed by atoms with Gasteiger partial charge in [0.2, 0.25) is 0 Å². The van der Waals surface area contributed by atoms with Gasteiger partial charge in [-0.05, 0) is 46.0 Å². The average Bonchev–Trinajstić information content (AvgIpc) is 2.35. The molecule has 0 unspecified atom stereocenters. The molecule has 0 atom stereocenters. The van der Waals surface area contributed by atoms with Crippen LogP contribution in [0, 0.1) is 11.3 Å². The molecule has 1 aromatic rings. The smallest absolute Gasteiger partial charge is 0.165 e. The van der Waals surface area contributed by atoms with Crippen LogP contribution in [-0.2, 0) is 0 Å². The summed E-state index contributed by atoms with van der Waals surface area (Å²) < 4.78 is 0. The molecule has 1 heterocycles. The number of hydrogen-bond acceptors (Lipinski definition) is 5. The number of rotatable bonds is 6. The summed E-state index contributed by atoms with van der Waals surface area (Å²) in [6.07, 6.45) is 1.03. The highest BCUT2D eigenvalue weighted by molar-refractivity contribution is 5.54. The molecular formula is C13H21N5. The first-order valence-electron chi connectivity index (χ1n) is 6.15. The lowest BCUT2D eigenvalue weighted by Crippen LogP contribution is -2.28. The summed E-state index contributed by atoms with van der Waals surface area (Å²) in [6, 6.07) is 6.03. The van der Waals surface area contributed by atoms with Gasteiger partial charge >= 0.3 is 0 Å². The number of nitrogens with zero attached hydrogens (tertiary/aromatic N) is 3. The Bertz CT molecular complexity index is 422. The van der Waals surface area contributed by atoms with E-state index in [-0.39, 0.29) is 5.69 Å². The molecular weight excluding hydrogens is 226 g/mol. The average molecular weight is 247 g/mol. The van der Waals surface area contributed by atoms with Gasteiger partial charge in [0.25, 0.3) is 0 Å². The first kappa shape index (κ1) is 14.3. The minimum Gasteiger partial charge on any atom is -0.396 e. The molecule has 0 aliphatic rings. The van der Waals surface area contributed by atoms with Gasteiger partial charge < -0.3 is 16.0 Å². The van der Waals surface area contributed by atoms with Crippen molar-refractivity contribution in [1.82, 2.24) is 9.88 Å². The normalized spacial score (nSPS) is 10.7. The lowest BCUT2D eigenvalue weighted by molar-refractivity contribution is 0.273. The van der Waals surface area contributed by atoms with Gasteiger partial charge in [-0.25, -0.2) is 4.98 Å². The maximum Gasteiger partial charge on any atom is 0.165 e. The van der Waals surface area contributed by atoms with Crippen molar-refractivity contribution in [2.75, 3.05) is 31.2 Å². The van der Waals surface area contributed by atoms with E-state index in [4.69, 9.17) is 11.0 Å². The molecule has 0 spiro atoms. The molecule has 0 aliphatic carbocycles. The number of nitrogen functional groups attached to an aromatic ring is 1. The molecule has 98 valence electrons. The van der Waals surface area contributed by atoms with Gasteiger partial charge in [-0.3, -0.25) is 0 Å². The number of pyridine rings is 1. The highest BCUT2D eigenvalue weighted by Crippen LogP contribution is 2.11. The van der Waals surface area contributed by atoms with Crippen LogP contribution in [0.3, 0.4) is 0 Å². The molecule has 0 amide bonds. The zero-order valence-electron chi connectivity index (χ0n) is 11.3. The van der Waals surface area contributed by atoms with E-state index < -0.39 is 0 Å². The highest BCUT2D eigenvalue weighted by Gasteiger charge is 2.03. The van der Waals surface area contributed by atoms with Crippen LogP contribution in [0.25, 0.3) is 0 Å². The van der Waals surface area contributed by atoms with E-state index in [0.29, 0.717) is 17.5 Å². The largest absolute Gasteiger partial charge is 0.396 e. The zero-order chi connectivity index (χ0) is 13.5. The maximum atomic E-state index is 8.82. The van der Waals surface area contributed by atoms with E-state index in [9.17, 15) is 0 Å². The summed E-state index contributed by atoms with van der Waals surface area (Å²) in [4.78, 5) is 6.42. The third kappa shape index (κ3) is 4.22. The molecule has 1 aromatic heterocycles. The Kier molecular flexibility index (Phi) is 5.40. The van der Waals surface area contributed by atoms with Gasteiger partial charge in [-0.15, -0.1) is 0 Å². The number of nitrogens with two attached hydrogens (primary N) is 1. The van der Waals surface area contributed by atoms with Crippen molar-refractivity contribution in [1.29, 1.82) is 5.26 Å². The van der Waals surface area contributed by atoms with E-state index in [1.807, 2.05) is 6.07 Å². The molecule has 0 saturated carbocycles. The van der Waals surface area contributed by atoms with Crippen LogP contribution in [0.5, 0.6) is 0 Å². The minimum absolute atomic E-state index is 0.277. The Labute approximate surface area is 109 Å². The standard InChI is InChI=1S/C13H21N5/c1-10(2)18(3)8-4-7-16-13-6-5-11(15)12(9-14)17-13/h5-6,10H,4,7-8,15H2,1-3H3,(H,16,17). The second kappa shape index (κ2) is 6.82. The van der Waals surface area contributed by atoms with Crippen LogP contribution in [0.2, 0.25) is 0 Å². The fourth-order valence-corrected chi connectivity index (χ4v) is 1.46. The fraction of sp³-hybridized carbons (Fsp3) is 0.538. The van der Waals surface area contributed by atoms with Crippen LogP contribution in [-0.4, -0.2) is 36.1 Å². The number of nitriles is 1. The van der Waals surface area contributed by atoms with Crippen molar-refractivity contribution in [3.63, 3.8) is 0 Å². The van der Waals surface area contributed by atoms with E-state index >= 15 is 0 Å². The topological polar surface area (TPSA) is 78.0 Å². The molecule has 0 aromatic carbocycles. The Balaban J connectivity index is 2.38. The maximum absolute atomic E-state index is 8.82. The van der Waals surface area contributed by atoms with Gasteiger partial charge in [0.1, 0.15) is 11.9 Å². The molecule has 18 heavy (non-hydrogen) atoms. The molecule has 5 nitrogen and oxygen atoms in total. The lowest BCUT2D eigenvalue weighted by atomic mass is 10.3. The van der Waals surface area contributed by atoms with Gasteiger partial charge in [0, 0.05) is 12.6 Å². The van der Waals surface area contributed by atoms with E-state index in [2.05, 4.69) is 36.1 Å². The van der Waals surface area contributed by atoms with Crippen LogP contribution < -0.4 is 11.1 Å². The minimum atomic E-state index is 0.277. The molecule has 0 radical (unpaired) electrons. The molecule has 3 N–H and O–H groups in total. The fourth-order valence-electron chi connectivity index (χ4n) is 1.46. The number of hydrogen-bond donors (Lipinski definition) is 2. The first-order valence-corrected chi connectivity index (χ1v) is 6.15. The summed E-state index contributed by atoms with van der Waals surface area (Å²) in [5.41, 5.74) is 6.30. The predicted octanol–water partition coefficient (Wildman–Crippen LogP) is 1.68. The Morgan fingerprint density at radius 1 is 1.50 bits per heavy atom. The predicted molar refractivity (Wildman–Crippen MR) is 74.2 cm³/mol. The van der Waals surface area contributed by atoms with Gasteiger partial charge in [-0.1, -0.05) is 0 Å². The van der Waals surface area contributed by atoms with Crippen LogP contribution in [0.15, 0.2) is 12.1 Å². The van der Waals surface area contributed by atoms with Crippen LogP contribution in [0.1, 0.15) is 26.0 Å². The third-order valence-corrected chi connectivity index (χ3v) is 2.91. The lowest BCUT2D eigenvalue weighted by Gasteiger charge is -2.20. The quantitative estimate of drug-likeness (QED) is 0.748. The second-order valence-corrected chi connectivity index (χ2v) is 4.60. The summed E-state index contributed by atoms with van der Waals surface area (Å²) in [7, 11) is 2.11. The second-order valence-electron chi connectivity index (χ2n) is 4.60. The van der Waals surface area contributed by atoms with Gasteiger partial charge in [-0.2, -0.15) is 5.26 Å². The number of aromatic nitrogens is 1. The summed E-state index contributed by atoms with van der Waals surface area (Å²) in [5.74, 6) is 0.702. The monoisotopic (exact) mass is 247 g/mol. The Morgan fingerprint density at radius 2 is 2.22 bits per heavy atom. The summed E-state index contributed by atoms with van der Waals surface area (Å²) in [6.45, 7) is 6.21. The van der Waals surface area contributed by atoms with E-state index in [1.165, 1.54) is 0 Å². The Hall–Kier alpha value is -1.80. The molecule has 0 bridgehead atoms. The summed E-state index contributed by atoms with van der Waals surface area (Å²) in [5, 5.41) is 12.0. The third-order valence-electron chi connectivity index (χ3n) is 2.91. The molecule has 0 fully saturated rings. The van der Waals surface area contributed by atoms with Crippen molar-refractivity contribution in [3.05, 3.63) is 17.8 Å². The molecule has 1 rings (SSSR count). The van der Waals surface area contributed by atoms with Crippen LogP contribution >= 0.6 is 0 Å². The van der Waals surface area contributed by atoms with Crippen LogP contribution in [0.4, 0.5) is 11.5 Å². The Morgan fingerprint density at radius 3 is 2.83 bits per heavy atom. The van der Waals surface area contributed by atoms with E-state index in [1.54, 1.807) is 12.1 Å². The summed E-state index contributed by atoms with van der Waals surface area (Å²) >= 11 is 0. The van der Waals surface area contributed by atoms with Crippen molar-refractivity contribution < 1.29 is 0 Å². The van der Waals surface area contributed by atoms with Crippen molar-refractivity contribution in [2.24, 2.45) is 0 Å². The first-order chi connectivity index (χ1) is 8.54. The molecule has 5 heteroatoms. The zero-order valence-corrected chi connectivity index (χ0v) is 11.3. The number of nitrogens with one attached hydrogen (secondary N) is 1. The highest BCUT2D eigenvalue weighted by atomic mass is 15.1. The van der Waals surface area contributed by atoms with Gasteiger partial charge in [0.05, 0.1) is 5.69 Å². The van der Waals surface area contributed by atoms with Crippen molar-refractivity contribution in [3.8, 4) is 6.07 Å². The van der Waals surface area contributed by atoms with Crippen molar-refractivity contribution >= 4 is 11.5 Å². The molecule has 0 saturated heterocycles. The number of anilines is 2. The SMILES string of the molecule is CC(C)N(C)CCCNc1ccc(N)c(C#N)n1. The molecule has 0 aliphatic heterocycles. The van der Waals surface area contributed by atoms with Gasteiger partial charge in [0.15, 0.2) is 5.69 Å².